The largest absolute Gasteiger partial charge is 0.380 e. The molecule has 0 saturated carbocycles. The molecular weight excluding hydrogens is 456 g/mol. The number of nitrogens with zero attached hydrogens (tertiary/aromatic N) is 4. The highest BCUT2D eigenvalue weighted by Crippen LogP contribution is 2.26. The molecule has 2 aromatic heterocycles. The van der Waals surface area contributed by atoms with Crippen LogP contribution in [0.3, 0.4) is 0 Å². The third-order valence-corrected chi connectivity index (χ3v) is 6.42. The van der Waals surface area contributed by atoms with Crippen molar-refractivity contribution >= 4 is 46.3 Å². The summed E-state index contributed by atoms with van der Waals surface area (Å²) in [4.78, 5) is 23.1. The normalized spacial score (nSPS) is 11.3. The summed E-state index contributed by atoms with van der Waals surface area (Å²) in [5, 5.41) is 12.8. The molecular formula is C23H32N6O2S2. The van der Waals surface area contributed by atoms with E-state index in [9.17, 15) is 4.79 Å². The third kappa shape index (κ3) is 7.09. The van der Waals surface area contributed by atoms with E-state index in [2.05, 4.69) is 41.5 Å². The van der Waals surface area contributed by atoms with Gasteiger partial charge in [-0.25, -0.2) is 14.6 Å². The first kappa shape index (κ1) is 25.3. The van der Waals surface area contributed by atoms with Crippen LogP contribution in [0.15, 0.2) is 40.5 Å². The van der Waals surface area contributed by atoms with Crippen molar-refractivity contribution < 1.29 is 9.53 Å². The maximum absolute atomic E-state index is 12.7. The number of benzene rings is 1. The Kier molecular flexibility index (Phi) is 9.83. The zero-order valence-electron chi connectivity index (χ0n) is 19.6. The molecule has 3 aromatic rings. The summed E-state index contributed by atoms with van der Waals surface area (Å²) in [6.45, 7) is 11.2. The van der Waals surface area contributed by atoms with Gasteiger partial charge in [0.25, 0.3) is 5.91 Å². The molecule has 33 heavy (non-hydrogen) atoms. The van der Waals surface area contributed by atoms with Gasteiger partial charge < -0.3 is 15.4 Å². The monoisotopic (exact) mass is 488 g/mol. The molecule has 0 radical (unpaired) electrons. The molecule has 0 aliphatic rings. The Hall–Kier alpha value is -2.30. The van der Waals surface area contributed by atoms with Crippen LogP contribution < -0.4 is 10.6 Å². The van der Waals surface area contributed by atoms with Crippen molar-refractivity contribution in [2.45, 2.75) is 49.5 Å². The molecule has 0 unspecified atom stereocenters. The SMILES string of the molecule is CCOCCNc1nc(SC(C)C)nc2c1cnn2CCNC(=O)c1ccccc1SCC. The van der Waals surface area contributed by atoms with Gasteiger partial charge in [0, 0.05) is 29.8 Å². The molecule has 10 heteroatoms. The zero-order valence-corrected chi connectivity index (χ0v) is 21.3. The van der Waals surface area contributed by atoms with Crippen LogP contribution in [0.5, 0.6) is 0 Å². The van der Waals surface area contributed by atoms with E-state index in [1.54, 1.807) is 29.7 Å². The minimum Gasteiger partial charge on any atom is -0.380 e. The van der Waals surface area contributed by atoms with Gasteiger partial charge in [-0.1, -0.05) is 44.7 Å². The van der Waals surface area contributed by atoms with Crippen molar-refractivity contribution in [2.24, 2.45) is 0 Å². The highest BCUT2D eigenvalue weighted by molar-refractivity contribution is 7.99. The van der Waals surface area contributed by atoms with Gasteiger partial charge in [-0.05, 0) is 24.8 Å². The number of rotatable bonds is 13. The van der Waals surface area contributed by atoms with Crippen LogP contribution >= 0.6 is 23.5 Å². The number of ether oxygens (including phenoxy) is 1. The highest BCUT2D eigenvalue weighted by atomic mass is 32.2. The molecule has 0 atom stereocenters. The van der Waals surface area contributed by atoms with Crippen LogP contribution in [-0.2, 0) is 11.3 Å². The molecule has 2 N–H and O–H groups in total. The number of carbonyl (C=O) groups excluding carboxylic acids is 1. The quantitative estimate of drug-likeness (QED) is 0.209. The molecule has 0 spiro atoms. The first-order valence-corrected chi connectivity index (χ1v) is 13.1. The molecule has 3 rings (SSSR count). The summed E-state index contributed by atoms with van der Waals surface area (Å²) in [6.07, 6.45) is 1.77. The number of aromatic nitrogens is 4. The lowest BCUT2D eigenvalue weighted by Gasteiger charge is -2.11. The van der Waals surface area contributed by atoms with Gasteiger partial charge in [-0.15, -0.1) is 11.8 Å². The van der Waals surface area contributed by atoms with E-state index < -0.39 is 0 Å². The predicted molar refractivity (Wildman–Crippen MR) is 136 cm³/mol. The predicted octanol–water partition coefficient (Wildman–Crippen LogP) is 4.32. The zero-order chi connectivity index (χ0) is 23.6. The topological polar surface area (TPSA) is 94.0 Å². The molecule has 0 aliphatic carbocycles. The fourth-order valence-corrected chi connectivity index (χ4v) is 4.70. The van der Waals surface area contributed by atoms with Crippen molar-refractivity contribution in [1.29, 1.82) is 0 Å². The highest BCUT2D eigenvalue weighted by Gasteiger charge is 2.15. The Morgan fingerprint density at radius 1 is 1.18 bits per heavy atom. The smallest absolute Gasteiger partial charge is 0.252 e. The molecule has 2 heterocycles. The Bertz CT molecular complexity index is 1060. The summed E-state index contributed by atoms with van der Waals surface area (Å²) >= 11 is 3.28. The number of hydrogen-bond donors (Lipinski definition) is 2. The first-order chi connectivity index (χ1) is 16.0. The summed E-state index contributed by atoms with van der Waals surface area (Å²) in [5.74, 6) is 1.59. The summed E-state index contributed by atoms with van der Waals surface area (Å²) in [6, 6.07) is 7.69. The lowest BCUT2D eigenvalue weighted by Crippen LogP contribution is -2.28. The van der Waals surface area contributed by atoms with Gasteiger partial charge in [0.15, 0.2) is 10.8 Å². The minimum absolute atomic E-state index is 0.0769. The standard InChI is InChI=1S/C23H32N6O2S2/c1-5-31-14-12-24-20-18-15-26-29(21(18)28-23(27-20)33-16(3)4)13-11-25-22(30)17-9-7-8-10-19(17)32-6-2/h7-10,15-16H,5-6,11-14H2,1-4H3,(H,25,30)(H,24,27,28). The number of anilines is 1. The second-order valence-corrected chi connectivity index (χ2v) is 10.3. The van der Waals surface area contributed by atoms with Crippen LogP contribution in [0.2, 0.25) is 0 Å². The Morgan fingerprint density at radius 2 is 2.00 bits per heavy atom. The lowest BCUT2D eigenvalue weighted by molar-refractivity contribution is 0.0949. The van der Waals surface area contributed by atoms with Crippen LogP contribution in [0, 0.1) is 0 Å². The number of hydrogen-bond acceptors (Lipinski definition) is 8. The second-order valence-electron chi connectivity index (χ2n) is 7.44. The van der Waals surface area contributed by atoms with Crippen LogP contribution in [0.4, 0.5) is 5.82 Å². The van der Waals surface area contributed by atoms with E-state index >= 15 is 0 Å². The number of thioether (sulfide) groups is 2. The molecule has 0 saturated heterocycles. The van der Waals surface area contributed by atoms with Gasteiger partial charge in [0.05, 0.1) is 30.3 Å². The summed E-state index contributed by atoms with van der Waals surface area (Å²) in [7, 11) is 0. The number of fused-ring (bicyclic) bond motifs is 1. The molecule has 1 aromatic carbocycles. The van der Waals surface area contributed by atoms with Gasteiger partial charge in [-0.3, -0.25) is 4.79 Å². The Morgan fingerprint density at radius 3 is 2.76 bits per heavy atom. The van der Waals surface area contributed by atoms with Gasteiger partial charge in [-0.2, -0.15) is 5.10 Å². The average Bonchev–Trinajstić information content (AvgIpc) is 3.20. The van der Waals surface area contributed by atoms with Crippen molar-refractivity contribution in [3.05, 3.63) is 36.0 Å². The number of carbonyl (C=O) groups is 1. The van der Waals surface area contributed by atoms with Gasteiger partial charge in [0.1, 0.15) is 5.82 Å². The van der Waals surface area contributed by atoms with Crippen molar-refractivity contribution in [1.82, 2.24) is 25.1 Å². The maximum atomic E-state index is 12.7. The average molecular weight is 489 g/mol. The minimum atomic E-state index is -0.0769. The van der Waals surface area contributed by atoms with Crippen LogP contribution in [-0.4, -0.2) is 63.0 Å². The summed E-state index contributed by atoms with van der Waals surface area (Å²) < 4.78 is 7.25. The van der Waals surface area contributed by atoms with Crippen molar-refractivity contribution in [2.75, 3.05) is 37.4 Å². The van der Waals surface area contributed by atoms with Crippen LogP contribution in [0.1, 0.15) is 38.1 Å². The van der Waals surface area contributed by atoms with Gasteiger partial charge in [0.2, 0.25) is 0 Å². The second kappa shape index (κ2) is 12.8. The maximum Gasteiger partial charge on any atom is 0.252 e. The Balaban J connectivity index is 1.73. The summed E-state index contributed by atoms with van der Waals surface area (Å²) in [5.41, 5.74) is 1.46. The first-order valence-electron chi connectivity index (χ1n) is 11.2. The Labute approximate surface area is 203 Å². The van der Waals surface area contributed by atoms with E-state index in [1.807, 2.05) is 35.9 Å². The van der Waals surface area contributed by atoms with E-state index in [0.717, 1.165) is 27.5 Å². The van der Waals surface area contributed by atoms with E-state index in [4.69, 9.17) is 9.72 Å². The van der Waals surface area contributed by atoms with Crippen molar-refractivity contribution in [3.63, 3.8) is 0 Å². The third-order valence-electron chi connectivity index (χ3n) is 4.60. The fraction of sp³-hybridized carbons (Fsp3) is 0.478. The number of nitrogens with one attached hydrogen (secondary N) is 2. The van der Waals surface area contributed by atoms with E-state index in [1.165, 1.54) is 0 Å². The lowest BCUT2D eigenvalue weighted by atomic mass is 10.2. The van der Waals surface area contributed by atoms with Gasteiger partial charge >= 0.3 is 0 Å². The van der Waals surface area contributed by atoms with E-state index in [-0.39, 0.29) is 5.91 Å². The number of amides is 1. The molecule has 0 fully saturated rings. The van der Waals surface area contributed by atoms with Crippen LogP contribution in [0.25, 0.3) is 11.0 Å². The van der Waals surface area contributed by atoms with E-state index in [0.29, 0.717) is 48.8 Å². The molecule has 8 nitrogen and oxygen atoms in total. The molecule has 0 aliphatic heterocycles. The molecule has 0 bridgehead atoms. The molecule has 178 valence electrons. The fourth-order valence-electron chi connectivity index (χ4n) is 3.19. The molecule has 1 amide bonds. The van der Waals surface area contributed by atoms with Crippen molar-refractivity contribution in [3.8, 4) is 0 Å².